The van der Waals surface area contributed by atoms with Gasteiger partial charge in [0, 0.05) is 37.5 Å². The van der Waals surface area contributed by atoms with Crippen molar-refractivity contribution in [2.75, 3.05) is 39.5 Å². The maximum atomic E-state index is 6.13. The highest BCUT2D eigenvalue weighted by molar-refractivity contribution is 6.73. The van der Waals surface area contributed by atoms with Crippen LogP contribution in [0, 0.1) is 0 Å². The number of hydrogen-bond donors (Lipinski definition) is 0. The molecule has 0 aliphatic carbocycles. The fourth-order valence-corrected chi connectivity index (χ4v) is 10.3. The zero-order chi connectivity index (χ0) is 22.7. The van der Waals surface area contributed by atoms with E-state index in [4.69, 9.17) is 17.7 Å². The van der Waals surface area contributed by atoms with E-state index in [2.05, 4.69) is 78.8 Å². The third-order valence-corrected chi connectivity index (χ3v) is 16.1. The fraction of sp³-hybridized carbons (Fsp3) is 1.00. The summed E-state index contributed by atoms with van der Waals surface area (Å²) in [5.74, 6) is 0. The number of nitrogens with zero attached hydrogens (tertiary/aromatic N) is 1. The highest BCUT2D eigenvalue weighted by atomic mass is 28.4. The summed E-state index contributed by atoms with van der Waals surface area (Å²) in [4.78, 5) is 0. The molecule has 0 aliphatic heterocycles. The van der Waals surface area contributed by atoms with Crippen molar-refractivity contribution in [2.24, 2.45) is 0 Å². The maximum absolute atomic E-state index is 6.13. The van der Waals surface area contributed by atoms with Gasteiger partial charge in [-0.05, 0) is 66.7 Å². The van der Waals surface area contributed by atoms with E-state index in [0.717, 1.165) is 52.4 Å². The molecule has 0 amide bonds. The Morgan fingerprint density at radius 1 is 0.586 bits per heavy atom. The van der Waals surface area contributed by atoms with Crippen molar-refractivity contribution >= 4 is 25.4 Å². The lowest BCUT2D eigenvalue weighted by atomic mass is 10.3. The van der Waals surface area contributed by atoms with Gasteiger partial charge < -0.3 is 22.3 Å². The second-order valence-electron chi connectivity index (χ2n) is 9.30. The van der Waals surface area contributed by atoms with Gasteiger partial charge in [-0.1, -0.05) is 33.5 Å². The van der Waals surface area contributed by atoms with Crippen molar-refractivity contribution in [2.45, 2.75) is 98.2 Å². The predicted molar refractivity (Wildman–Crippen MR) is 133 cm³/mol. The number of hydrogen-bond acceptors (Lipinski definition) is 5. The van der Waals surface area contributed by atoms with Crippen molar-refractivity contribution in [1.82, 2.24) is 4.57 Å². The van der Waals surface area contributed by atoms with Gasteiger partial charge in [-0.15, -0.1) is 0 Å². The van der Waals surface area contributed by atoms with Gasteiger partial charge >= 0.3 is 17.1 Å². The first kappa shape index (κ1) is 29.5. The van der Waals surface area contributed by atoms with Crippen molar-refractivity contribution < 1.29 is 17.7 Å². The Morgan fingerprint density at radius 3 is 1.07 bits per heavy atom. The molecule has 0 aromatic carbocycles. The second kappa shape index (κ2) is 13.8. The molecular weight excluding hydrogens is 414 g/mol. The van der Waals surface area contributed by atoms with Crippen LogP contribution in [0.2, 0.25) is 43.8 Å². The first-order chi connectivity index (χ1) is 13.4. The Bertz CT molecular complexity index is 391. The van der Waals surface area contributed by atoms with Crippen LogP contribution < -0.4 is 0 Å². The Balaban J connectivity index is 5.03. The molecule has 8 heteroatoms. The largest absolute Gasteiger partial charge is 0.394 e. The van der Waals surface area contributed by atoms with Gasteiger partial charge in [0.05, 0.1) is 0 Å². The minimum Gasteiger partial charge on any atom is -0.394 e. The van der Waals surface area contributed by atoms with Gasteiger partial charge in [0.1, 0.15) is 8.24 Å². The summed E-state index contributed by atoms with van der Waals surface area (Å²) in [6, 6.07) is 0. The van der Waals surface area contributed by atoms with Crippen molar-refractivity contribution in [1.29, 1.82) is 0 Å². The molecule has 0 rings (SSSR count). The highest BCUT2D eigenvalue weighted by Crippen LogP contribution is 2.31. The van der Waals surface area contributed by atoms with E-state index in [1.165, 1.54) is 0 Å². The van der Waals surface area contributed by atoms with Crippen LogP contribution in [0.5, 0.6) is 0 Å². The quantitative estimate of drug-likeness (QED) is 0.247. The minimum absolute atomic E-state index is 0.477. The van der Waals surface area contributed by atoms with Crippen molar-refractivity contribution in [3.63, 3.8) is 0 Å². The Kier molecular flexibility index (Phi) is 14.0. The molecule has 0 N–H and O–H groups in total. The summed E-state index contributed by atoms with van der Waals surface area (Å²) in [5.41, 5.74) is 0.954. The lowest BCUT2D eigenvalue weighted by molar-refractivity contribution is 0.175. The topological polar surface area (TPSA) is 40.2 Å². The Hall–Kier alpha value is 0.451. The molecule has 0 aliphatic rings. The molecular formula is C21H51NO4Si3. The molecule has 0 fully saturated rings. The molecule has 0 aromatic rings. The van der Waals surface area contributed by atoms with Gasteiger partial charge in [-0.25, -0.2) is 0 Å². The molecule has 0 heterocycles. The summed E-state index contributed by atoms with van der Waals surface area (Å²) in [6.45, 7) is 29.9. The Morgan fingerprint density at radius 2 is 0.862 bits per heavy atom. The first-order valence-corrected chi connectivity index (χ1v) is 19.9. The lowest BCUT2D eigenvalue weighted by Gasteiger charge is -2.39. The lowest BCUT2D eigenvalue weighted by Crippen LogP contribution is -2.50. The summed E-state index contributed by atoms with van der Waals surface area (Å²) >= 11 is 0. The maximum Gasteiger partial charge on any atom is 0.337 e. The van der Waals surface area contributed by atoms with Gasteiger partial charge in [0.2, 0.25) is 0 Å². The first-order valence-electron chi connectivity index (χ1n) is 11.7. The summed E-state index contributed by atoms with van der Waals surface area (Å²) < 4.78 is 27.3. The van der Waals surface area contributed by atoms with Crippen LogP contribution in [-0.2, 0) is 17.7 Å². The monoisotopic (exact) mass is 465 g/mol. The summed E-state index contributed by atoms with van der Waals surface area (Å²) in [7, 11) is -5.65. The highest BCUT2D eigenvalue weighted by Gasteiger charge is 2.40. The van der Waals surface area contributed by atoms with Crippen molar-refractivity contribution in [3.05, 3.63) is 0 Å². The molecule has 29 heavy (non-hydrogen) atoms. The van der Waals surface area contributed by atoms with E-state index in [0.29, 0.717) is 11.1 Å². The minimum atomic E-state index is -2.12. The van der Waals surface area contributed by atoms with Gasteiger partial charge in [0.25, 0.3) is 0 Å². The van der Waals surface area contributed by atoms with Crippen LogP contribution in [0.1, 0.15) is 54.4 Å². The van der Waals surface area contributed by atoms with E-state index in [1.807, 2.05) is 0 Å². The summed E-state index contributed by atoms with van der Waals surface area (Å²) in [5, 5.41) is 0. The molecule has 5 nitrogen and oxygen atoms in total. The van der Waals surface area contributed by atoms with Crippen molar-refractivity contribution in [3.8, 4) is 0 Å². The molecule has 0 radical (unpaired) electrons. The van der Waals surface area contributed by atoms with E-state index < -0.39 is 25.4 Å². The van der Waals surface area contributed by atoms with Crippen LogP contribution in [0.3, 0.4) is 0 Å². The van der Waals surface area contributed by atoms with Crippen LogP contribution in [0.15, 0.2) is 0 Å². The van der Waals surface area contributed by atoms with Crippen LogP contribution >= 0.6 is 0 Å². The molecule has 2 unspecified atom stereocenters. The van der Waals surface area contributed by atoms with E-state index >= 15 is 0 Å². The average molecular weight is 466 g/mol. The zero-order valence-electron chi connectivity index (χ0n) is 21.4. The third kappa shape index (κ3) is 10.1. The SMILES string of the molecule is CCO[Si](C)(OCC)C(C)CCN(CCC(C)[Si](C)(OCC)OCC)[Si](C)(C)C. The predicted octanol–water partition coefficient (Wildman–Crippen LogP) is 5.97. The van der Waals surface area contributed by atoms with Crippen LogP contribution in [0.4, 0.5) is 0 Å². The molecule has 0 saturated carbocycles. The number of rotatable bonds is 17. The molecule has 0 saturated heterocycles. The average Bonchev–Trinajstić information content (AvgIpc) is 2.60. The molecule has 0 spiro atoms. The smallest absolute Gasteiger partial charge is 0.337 e. The second-order valence-corrected chi connectivity index (χ2v) is 21.5. The van der Waals surface area contributed by atoms with E-state index in [9.17, 15) is 0 Å². The van der Waals surface area contributed by atoms with E-state index in [-0.39, 0.29) is 0 Å². The summed E-state index contributed by atoms with van der Waals surface area (Å²) in [6.07, 6.45) is 2.26. The van der Waals surface area contributed by atoms with E-state index in [1.54, 1.807) is 0 Å². The van der Waals surface area contributed by atoms with Gasteiger partial charge in [-0.3, -0.25) is 0 Å². The standard InChI is InChI=1S/C21H51NO4Si3/c1-12-23-28(10,24-13-2)20(5)16-18-22(27(7,8)9)19-17-21(6)29(11,25-14-3)26-15-4/h20-21H,12-19H2,1-11H3. The normalized spacial score (nSPS) is 15.7. The Labute approximate surface area is 185 Å². The molecule has 0 aromatic heterocycles. The fourth-order valence-electron chi connectivity index (χ4n) is 3.80. The van der Waals surface area contributed by atoms with Crippen LogP contribution in [0.25, 0.3) is 0 Å². The van der Waals surface area contributed by atoms with Gasteiger partial charge in [-0.2, -0.15) is 0 Å². The molecule has 2 atom stereocenters. The third-order valence-electron chi connectivity index (χ3n) is 6.13. The molecule has 176 valence electrons. The van der Waals surface area contributed by atoms with Gasteiger partial charge in [0.15, 0.2) is 0 Å². The molecule has 0 bridgehead atoms. The zero-order valence-corrected chi connectivity index (χ0v) is 24.4. The van der Waals surface area contributed by atoms with Crippen LogP contribution in [-0.4, -0.2) is 69.4 Å².